The van der Waals surface area contributed by atoms with Crippen LogP contribution >= 0.6 is 0 Å². The van der Waals surface area contributed by atoms with E-state index in [1.54, 1.807) is 6.08 Å². The average Bonchev–Trinajstić information content (AvgIpc) is 2.80. The van der Waals surface area contributed by atoms with Crippen LogP contribution in [-0.2, 0) is 9.53 Å². The normalized spacial score (nSPS) is 13.9. The Bertz CT molecular complexity index is 1110. The summed E-state index contributed by atoms with van der Waals surface area (Å²) in [4.78, 5) is 23.6. The largest absolute Gasteiger partial charge is 0.378 e. The van der Waals surface area contributed by atoms with E-state index >= 15 is 0 Å². The first-order valence-corrected chi connectivity index (χ1v) is 10.7. The SMILES string of the molecule is Cc1cc(Nc2ccc(NC(=O)/C=C/c3ccccc3C)cc2)nc(N2CCOCC2)n1. The van der Waals surface area contributed by atoms with Crippen LogP contribution in [0.1, 0.15) is 16.8 Å². The second-order valence-corrected chi connectivity index (χ2v) is 7.68. The smallest absolute Gasteiger partial charge is 0.248 e. The van der Waals surface area contributed by atoms with Gasteiger partial charge in [-0.1, -0.05) is 24.3 Å². The number of anilines is 4. The van der Waals surface area contributed by atoms with Crippen molar-refractivity contribution in [2.75, 3.05) is 41.8 Å². The van der Waals surface area contributed by atoms with Gasteiger partial charge < -0.3 is 20.3 Å². The van der Waals surface area contributed by atoms with E-state index in [9.17, 15) is 4.79 Å². The number of morpholine rings is 1. The lowest BCUT2D eigenvalue weighted by molar-refractivity contribution is -0.111. The van der Waals surface area contributed by atoms with Gasteiger partial charge in [0, 0.05) is 42.3 Å². The zero-order valence-electron chi connectivity index (χ0n) is 18.3. The van der Waals surface area contributed by atoms with Crippen molar-refractivity contribution in [2.24, 2.45) is 0 Å². The van der Waals surface area contributed by atoms with E-state index in [-0.39, 0.29) is 5.91 Å². The number of hydrogen-bond acceptors (Lipinski definition) is 6. The summed E-state index contributed by atoms with van der Waals surface area (Å²) in [5, 5.41) is 6.21. The molecule has 1 aromatic heterocycles. The quantitative estimate of drug-likeness (QED) is 0.568. The van der Waals surface area contributed by atoms with Crippen molar-refractivity contribution < 1.29 is 9.53 Å². The number of amides is 1. The van der Waals surface area contributed by atoms with Crippen molar-refractivity contribution >= 4 is 35.1 Å². The van der Waals surface area contributed by atoms with Gasteiger partial charge in [-0.15, -0.1) is 0 Å². The van der Waals surface area contributed by atoms with Crippen LogP contribution in [0, 0.1) is 13.8 Å². The van der Waals surface area contributed by atoms with E-state index < -0.39 is 0 Å². The monoisotopic (exact) mass is 429 g/mol. The average molecular weight is 430 g/mol. The highest BCUT2D eigenvalue weighted by molar-refractivity contribution is 6.02. The van der Waals surface area contributed by atoms with Gasteiger partial charge in [-0.05, 0) is 55.3 Å². The van der Waals surface area contributed by atoms with Gasteiger partial charge in [0.2, 0.25) is 11.9 Å². The highest BCUT2D eigenvalue weighted by Crippen LogP contribution is 2.21. The van der Waals surface area contributed by atoms with Crippen LogP contribution in [0.15, 0.2) is 60.7 Å². The molecule has 0 aliphatic carbocycles. The molecule has 0 spiro atoms. The Kier molecular flexibility index (Phi) is 6.77. The molecule has 0 radical (unpaired) electrons. The summed E-state index contributed by atoms with van der Waals surface area (Å²) < 4.78 is 5.41. The number of carbonyl (C=O) groups excluding carboxylic acids is 1. The van der Waals surface area contributed by atoms with Gasteiger partial charge in [0.05, 0.1) is 13.2 Å². The minimum atomic E-state index is -0.171. The highest BCUT2D eigenvalue weighted by atomic mass is 16.5. The summed E-state index contributed by atoms with van der Waals surface area (Å²) in [5.74, 6) is 1.27. The van der Waals surface area contributed by atoms with Crippen LogP contribution in [0.3, 0.4) is 0 Å². The van der Waals surface area contributed by atoms with Crippen LogP contribution < -0.4 is 15.5 Å². The van der Waals surface area contributed by atoms with Crippen LogP contribution in [0.2, 0.25) is 0 Å². The second-order valence-electron chi connectivity index (χ2n) is 7.68. The standard InChI is InChI=1S/C25H27N5O2/c1-18-5-3-4-6-20(18)7-12-24(31)28-22-10-8-21(9-11-22)27-23-17-19(2)26-25(29-23)30-13-15-32-16-14-30/h3-12,17H,13-16H2,1-2H3,(H,28,31)(H,26,27,29)/b12-7+. The predicted octanol–water partition coefficient (Wildman–Crippen LogP) is 4.33. The lowest BCUT2D eigenvalue weighted by atomic mass is 10.1. The van der Waals surface area contributed by atoms with Crippen molar-refractivity contribution in [3.8, 4) is 0 Å². The maximum Gasteiger partial charge on any atom is 0.248 e. The number of ether oxygens (including phenoxy) is 1. The first kappa shape index (κ1) is 21.5. The van der Waals surface area contributed by atoms with Gasteiger partial charge in [-0.3, -0.25) is 4.79 Å². The molecule has 1 fully saturated rings. The molecule has 7 heteroatoms. The summed E-state index contributed by atoms with van der Waals surface area (Å²) in [6.45, 7) is 6.93. The van der Waals surface area contributed by atoms with Gasteiger partial charge in [0.15, 0.2) is 0 Å². The van der Waals surface area contributed by atoms with Gasteiger partial charge in [-0.25, -0.2) is 4.98 Å². The number of aromatic nitrogens is 2. The minimum absolute atomic E-state index is 0.171. The summed E-state index contributed by atoms with van der Waals surface area (Å²) in [6, 6.07) is 17.4. The molecule has 32 heavy (non-hydrogen) atoms. The van der Waals surface area contributed by atoms with Crippen molar-refractivity contribution in [1.82, 2.24) is 9.97 Å². The third-order valence-electron chi connectivity index (χ3n) is 5.16. The van der Waals surface area contributed by atoms with Crippen molar-refractivity contribution in [3.05, 3.63) is 77.5 Å². The molecule has 0 saturated carbocycles. The molecule has 1 amide bonds. The second kappa shape index (κ2) is 10.1. The summed E-state index contributed by atoms with van der Waals surface area (Å²) in [6.07, 6.45) is 3.37. The molecule has 2 heterocycles. The third-order valence-corrected chi connectivity index (χ3v) is 5.16. The molecule has 0 bridgehead atoms. The number of hydrogen-bond donors (Lipinski definition) is 2. The number of benzene rings is 2. The number of aryl methyl sites for hydroxylation is 2. The maximum atomic E-state index is 12.3. The summed E-state index contributed by atoms with van der Waals surface area (Å²) in [7, 11) is 0. The Labute approximate surface area is 188 Å². The summed E-state index contributed by atoms with van der Waals surface area (Å²) in [5.41, 5.74) is 4.66. The molecule has 3 aromatic rings. The molecule has 0 atom stereocenters. The van der Waals surface area contributed by atoms with E-state index in [0.717, 1.165) is 47.1 Å². The Balaban J connectivity index is 1.38. The molecule has 4 rings (SSSR count). The van der Waals surface area contributed by atoms with Crippen LogP contribution in [0.25, 0.3) is 6.08 Å². The molecule has 1 aliphatic rings. The van der Waals surface area contributed by atoms with Crippen molar-refractivity contribution in [2.45, 2.75) is 13.8 Å². The van der Waals surface area contributed by atoms with Crippen LogP contribution in [0.5, 0.6) is 0 Å². The van der Waals surface area contributed by atoms with E-state index in [2.05, 4.69) is 25.5 Å². The van der Waals surface area contributed by atoms with Crippen LogP contribution in [0.4, 0.5) is 23.1 Å². The van der Waals surface area contributed by atoms with E-state index in [1.165, 1.54) is 0 Å². The molecular weight excluding hydrogens is 402 g/mol. The number of nitrogens with one attached hydrogen (secondary N) is 2. The lowest BCUT2D eigenvalue weighted by Crippen LogP contribution is -2.37. The first-order chi connectivity index (χ1) is 15.6. The van der Waals surface area contributed by atoms with Crippen molar-refractivity contribution in [1.29, 1.82) is 0 Å². The zero-order valence-corrected chi connectivity index (χ0v) is 18.3. The zero-order chi connectivity index (χ0) is 22.3. The first-order valence-electron chi connectivity index (χ1n) is 10.7. The topological polar surface area (TPSA) is 79.4 Å². The molecule has 1 saturated heterocycles. The number of nitrogens with zero attached hydrogens (tertiary/aromatic N) is 3. The molecule has 2 N–H and O–H groups in total. The fraction of sp³-hybridized carbons (Fsp3) is 0.240. The van der Waals surface area contributed by atoms with E-state index in [1.807, 2.05) is 74.5 Å². The van der Waals surface area contributed by atoms with Gasteiger partial charge in [-0.2, -0.15) is 4.98 Å². The Hall–Kier alpha value is -3.71. The molecule has 164 valence electrons. The van der Waals surface area contributed by atoms with Crippen molar-refractivity contribution in [3.63, 3.8) is 0 Å². The predicted molar refractivity (Wildman–Crippen MR) is 128 cm³/mol. The molecule has 1 aliphatic heterocycles. The van der Waals surface area contributed by atoms with Gasteiger partial charge >= 0.3 is 0 Å². The minimum Gasteiger partial charge on any atom is -0.378 e. The third kappa shape index (κ3) is 5.70. The maximum absolute atomic E-state index is 12.3. The Morgan fingerprint density at radius 3 is 2.47 bits per heavy atom. The van der Waals surface area contributed by atoms with E-state index in [4.69, 9.17) is 4.74 Å². The Morgan fingerprint density at radius 1 is 1.00 bits per heavy atom. The van der Waals surface area contributed by atoms with Gasteiger partial charge in [0.25, 0.3) is 0 Å². The molecule has 0 unspecified atom stereocenters. The fourth-order valence-corrected chi connectivity index (χ4v) is 3.43. The number of rotatable bonds is 6. The molecular formula is C25H27N5O2. The summed E-state index contributed by atoms with van der Waals surface area (Å²) >= 11 is 0. The van der Waals surface area contributed by atoms with Gasteiger partial charge in [0.1, 0.15) is 5.82 Å². The fourth-order valence-electron chi connectivity index (χ4n) is 3.43. The van der Waals surface area contributed by atoms with E-state index in [0.29, 0.717) is 19.2 Å². The number of carbonyl (C=O) groups is 1. The lowest BCUT2D eigenvalue weighted by Gasteiger charge is -2.27. The van der Waals surface area contributed by atoms with Crippen LogP contribution in [-0.4, -0.2) is 42.2 Å². The molecule has 7 nitrogen and oxygen atoms in total. The highest BCUT2D eigenvalue weighted by Gasteiger charge is 2.15. The Morgan fingerprint density at radius 2 is 1.72 bits per heavy atom. The molecule has 2 aromatic carbocycles.